The molecule has 2 atom stereocenters. The summed E-state index contributed by atoms with van der Waals surface area (Å²) in [5.41, 5.74) is 3.18. The quantitative estimate of drug-likeness (QED) is 0.551. The Bertz CT molecular complexity index is 1390. The van der Waals surface area contributed by atoms with Gasteiger partial charge in [-0.25, -0.2) is 22.9 Å². The van der Waals surface area contributed by atoms with Crippen LogP contribution in [0, 0.1) is 17.8 Å². The van der Waals surface area contributed by atoms with Gasteiger partial charge in [0.1, 0.15) is 0 Å². The van der Waals surface area contributed by atoms with Gasteiger partial charge in [0.25, 0.3) is 0 Å². The maximum absolute atomic E-state index is 13.1. The van der Waals surface area contributed by atoms with E-state index >= 15 is 0 Å². The van der Waals surface area contributed by atoms with Crippen molar-refractivity contribution in [2.24, 2.45) is 17.9 Å². The van der Waals surface area contributed by atoms with Crippen molar-refractivity contribution >= 4 is 21.2 Å². The van der Waals surface area contributed by atoms with Crippen LogP contribution < -0.4 is 10.4 Å². The van der Waals surface area contributed by atoms with E-state index in [-0.39, 0.29) is 33.4 Å². The van der Waals surface area contributed by atoms with E-state index in [1.54, 1.807) is 28.3 Å². The molecule has 0 radical (unpaired) electrons. The van der Waals surface area contributed by atoms with Gasteiger partial charge in [-0.2, -0.15) is 0 Å². The highest BCUT2D eigenvalue weighted by atomic mass is 32.2. The third kappa shape index (κ3) is 5.23. The van der Waals surface area contributed by atoms with Gasteiger partial charge in [0.05, 0.1) is 10.4 Å². The minimum atomic E-state index is -3.63. The van der Waals surface area contributed by atoms with Gasteiger partial charge in [0.2, 0.25) is 10.0 Å². The topological polar surface area (TPSA) is 86.0 Å². The number of fused-ring (bicyclic) bond motifs is 1. The summed E-state index contributed by atoms with van der Waals surface area (Å²) in [5, 5.41) is 0. The molecule has 190 valence electrons. The molecule has 2 unspecified atom stereocenters. The van der Waals surface area contributed by atoms with Crippen molar-refractivity contribution in [2.45, 2.75) is 84.2 Å². The number of hydrogen-bond donors (Lipinski definition) is 1. The van der Waals surface area contributed by atoms with Crippen LogP contribution in [0.5, 0.6) is 0 Å². The molecule has 0 amide bonds. The molecule has 1 aliphatic rings. The van der Waals surface area contributed by atoms with Crippen LogP contribution in [0.15, 0.2) is 46.1 Å². The number of benzene rings is 1. The molecule has 0 aliphatic heterocycles. The highest BCUT2D eigenvalue weighted by molar-refractivity contribution is 7.89. The van der Waals surface area contributed by atoms with Gasteiger partial charge < -0.3 is 0 Å². The van der Waals surface area contributed by atoms with Gasteiger partial charge in [-0.05, 0) is 61.3 Å². The largest absolute Gasteiger partial charge is 0.330 e. The summed E-state index contributed by atoms with van der Waals surface area (Å²) >= 11 is 0. The van der Waals surface area contributed by atoms with Crippen molar-refractivity contribution in [1.82, 2.24) is 18.8 Å². The number of rotatable bonds is 5. The number of aryl methyl sites for hydroxylation is 2. The van der Waals surface area contributed by atoms with E-state index in [1.807, 2.05) is 31.2 Å². The van der Waals surface area contributed by atoms with Crippen molar-refractivity contribution in [1.29, 1.82) is 0 Å². The molecule has 35 heavy (non-hydrogen) atoms. The second-order valence-corrected chi connectivity index (χ2v) is 13.7. The van der Waals surface area contributed by atoms with Crippen LogP contribution in [-0.4, -0.2) is 28.6 Å². The molecular weight excluding hydrogens is 460 g/mol. The van der Waals surface area contributed by atoms with E-state index in [9.17, 15) is 13.2 Å². The van der Waals surface area contributed by atoms with Gasteiger partial charge in [-0.3, -0.25) is 9.13 Å². The van der Waals surface area contributed by atoms with Crippen LogP contribution in [-0.2, 0) is 23.6 Å². The van der Waals surface area contributed by atoms with E-state index in [0.29, 0.717) is 18.6 Å². The number of pyridine rings is 1. The van der Waals surface area contributed by atoms with Crippen molar-refractivity contribution in [3.05, 3.63) is 58.1 Å². The van der Waals surface area contributed by atoms with Crippen LogP contribution in [0.25, 0.3) is 11.2 Å². The molecule has 7 nitrogen and oxygen atoms in total. The summed E-state index contributed by atoms with van der Waals surface area (Å²) < 4.78 is 32.7. The number of hydrogen-bond acceptors (Lipinski definition) is 4. The normalized spacial score (nSPS) is 20.9. The Labute approximate surface area is 208 Å². The molecule has 1 saturated carbocycles. The first-order chi connectivity index (χ1) is 16.2. The Morgan fingerprint density at radius 1 is 1.11 bits per heavy atom. The van der Waals surface area contributed by atoms with Crippen LogP contribution in [0.1, 0.15) is 71.1 Å². The summed E-state index contributed by atoms with van der Waals surface area (Å²) in [6.45, 7) is 13.1. The Morgan fingerprint density at radius 3 is 2.40 bits per heavy atom. The minimum absolute atomic E-state index is 0.0342. The second-order valence-electron chi connectivity index (χ2n) is 12.0. The lowest BCUT2D eigenvalue weighted by Crippen LogP contribution is -2.48. The molecule has 1 N–H and O–H groups in total. The first kappa shape index (κ1) is 25.6. The Hall–Kier alpha value is -2.45. The van der Waals surface area contributed by atoms with E-state index < -0.39 is 10.0 Å². The Kier molecular flexibility index (Phi) is 6.51. The highest BCUT2D eigenvalue weighted by Gasteiger charge is 2.40. The van der Waals surface area contributed by atoms with Crippen molar-refractivity contribution in [2.75, 3.05) is 0 Å². The summed E-state index contributed by atoms with van der Waals surface area (Å²) in [5.74, 6) is 0.110. The average Bonchev–Trinajstić information content (AvgIpc) is 2.98. The molecule has 2 heterocycles. The molecule has 4 rings (SSSR count). The summed E-state index contributed by atoms with van der Waals surface area (Å²) in [6, 6.07) is 10.7. The van der Waals surface area contributed by atoms with Crippen molar-refractivity contribution < 1.29 is 8.42 Å². The molecule has 0 bridgehead atoms. The molecule has 1 aliphatic carbocycles. The smallest absolute Gasteiger partial charge is 0.290 e. The maximum atomic E-state index is 13.1. The first-order valence-electron chi connectivity index (χ1n) is 12.3. The number of sulfonamides is 1. The van der Waals surface area contributed by atoms with Gasteiger partial charge in [0, 0.05) is 31.2 Å². The lowest BCUT2D eigenvalue weighted by atomic mass is 9.69. The van der Waals surface area contributed by atoms with Gasteiger partial charge in [-0.15, -0.1) is 0 Å². The SMILES string of the molecule is Cc1ccc(S(=O)(=O)NC2CC(c3ccc4c(n3)n(C)c(=O)n4CC(C)(C)C)CCC2(C)C)cc1. The zero-order valence-electron chi connectivity index (χ0n) is 21.9. The minimum Gasteiger partial charge on any atom is -0.290 e. The standard InChI is InChI=1S/C27H38N4O3S/c1-18-8-10-20(11-9-18)35(33,34)29-23-16-19(14-15-27(23,5)6)21-12-13-22-24(28-21)30(7)25(32)31(22)17-26(2,3)4/h8-13,19,23,29H,14-17H2,1-7H3. The number of imidazole rings is 1. The predicted molar refractivity (Wildman–Crippen MR) is 140 cm³/mol. The molecule has 2 aromatic heterocycles. The third-order valence-electron chi connectivity index (χ3n) is 7.28. The Balaban J connectivity index is 1.63. The zero-order valence-corrected chi connectivity index (χ0v) is 22.7. The van der Waals surface area contributed by atoms with Crippen LogP contribution in [0.2, 0.25) is 0 Å². The highest BCUT2D eigenvalue weighted by Crippen LogP contribution is 2.43. The van der Waals surface area contributed by atoms with Crippen molar-refractivity contribution in [3.63, 3.8) is 0 Å². The molecular formula is C27H38N4O3S. The second kappa shape index (κ2) is 8.89. The average molecular weight is 499 g/mol. The monoisotopic (exact) mass is 498 g/mol. The first-order valence-corrected chi connectivity index (χ1v) is 13.8. The fourth-order valence-corrected chi connectivity index (χ4v) is 6.45. The zero-order chi connectivity index (χ0) is 25.8. The van der Waals surface area contributed by atoms with Crippen LogP contribution in [0.4, 0.5) is 0 Å². The summed E-state index contributed by atoms with van der Waals surface area (Å²) in [4.78, 5) is 18.1. The molecule has 1 fully saturated rings. The fourth-order valence-electron chi connectivity index (χ4n) is 5.03. The molecule has 8 heteroatoms. The van der Waals surface area contributed by atoms with Crippen LogP contribution in [0.3, 0.4) is 0 Å². The van der Waals surface area contributed by atoms with E-state index in [2.05, 4.69) is 39.3 Å². The molecule has 1 aromatic carbocycles. The Morgan fingerprint density at radius 2 is 1.77 bits per heavy atom. The lowest BCUT2D eigenvalue weighted by molar-refractivity contribution is 0.170. The molecule has 0 saturated heterocycles. The van der Waals surface area contributed by atoms with Gasteiger partial charge >= 0.3 is 5.69 Å². The van der Waals surface area contributed by atoms with Gasteiger partial charge in [-0.1, -0.05) is 52.3 Å². The molecule has 3 aromatic rings. The maximum Gasteiger partial charge on any atom is 0.330 e. The number of nitrogens with one attached hydrogen (secondary N) is 1. The van der Waals surface area contributed by atoms with E-state index in [1.165, 1.54) is 0 Å². The number of nitrogens with zero attached hydrogens (tertiary/aromatic N) is 3. The van der Waals surface area contributed by atoms with E-state index in [4.69, 9.17) is 4.98 Å². The summed E-state index contributed by atoms with van der Waals surface area (Å²) in [7, 11) is -1.87. The number of aromatic nitrogens is 3. The molecule has 0 spiro atoms. The fraction of sp³-hybridized carbons (Fsp3) is 0.556. The lowest BCUT2D eigenvalue weighted by Gasteiger charge is -2.42. The van der Waals surface area contributed by atoms with Crippen LogP contribution >= 0.6 is 0 Å². The van der Waals surface area contributed by atoms with E-state index in [0.717, 1.165) is 29.6 Å². The summed E-state index contributed by atoms with van der Waals surface area (Å²) in [6.07, 6.45) is 2.46. The third-order valence-corrected chi connectivity index (χ3v) is 8.77. The van der Waals surface area contributed by atoms with Crippen molar-refractivity contribution in [3.8, 4) is 0 Å². The predicted octanol–water partition coefficient (Wildman–Crippen LogP) is 4.73. The van der Waals surface area contributed by atoms with Gasteiger partial charge in [0.15, 0.2) is 5.65 Å².